The van der Waals surface area contributed by atoms with Crippen molar-refractivity contribution in [3.8, 4) is 11.3 Å². The third-order valence-electron chi connectivity index (χ3n) is 3.82. The molecule has 0 saturated heterocycles. The largest absolute Gasteiger partial charge is 0.331 e. The summed E-state index contributed by atoms with van der Waals surface area (Å²) >= 11 is 0. The SMILES string of the molecule is c1ccc(Cn2cc(Cn3cnc(-c4ccccc4)c3)nn2)cc1. The van der Waals surface area contributed by atoms with E-state index >= 15 is 0 Å². The molecule has 2 heterocycles. The average molecular weight is 315 g/mol. The number of rotatable bonds is 5. The monoisotopic (exact) mass is 315 g/mol. The molecule has 0 amide bonds. The lowest BCUT2D eigenvalue weighted by atomic mass is 10.2. The van der Waals surface area contributed by atoms with E-state index in [1.807, 2.05) is 64.4 Å². The highest BCUT2D eigenvalue weighted by molar-refractivity contribution is 5.57. The molecule has 0 atom stereocenters. The van der Waals surface area contributed by atoms with E-state index in [1.165, 1.54) is 5.56 Å². The maximum Gasteiger partial charge on any atom is 0.102 e. The van der Waals surface area contributed by atoms with Crippen molar-refractivity contribution in [3.05, 3.63) is 90.6 Å². The second-order valence-electron chi connectivity index (χ2n) is 5.69. The molecule has 0 spiro atoms. The van der Waals surface area contributed by atoms with Gasteiger partial charge in [-0.2, -0.15) is 0 Å². The lowest BCUT2D eigenvalue weighted by molar-refractivity contribution is 0.648. The van der Waals surface area contributed by atoms with E-state index in [4.69, 9.17) is 0 Å². The van der Waals surface area contributed by atoms with Gasteiger partial charge < -0.3 is 4.57 Å². The predicted molar refractivity (Wildman–Crippen MR) is 92.3 cm³/mol. The van der Waals surface area contributed by atoms with Gasteiger partial charge in [0.25, 0.3) is 0 Å². The molecule has 0 aliphatic carbocycles. The van der Waals surface area contributed by atoms with Crippen LogP contribution in [0.4, 0.5) is 0 Å². The molecule has 4 rings (SSSR count). The normalized spacial score (nSPS) is 10.8. The summed E-state index contributed by atoms with van der Waals surface area (Å²) in [5, 5.41) is 8.46. The molecule has 0 aliphatic rings. The second kappa shape index (κ2) is 6.50. The maximum atomic E-state index is 4.47. The fourth-order valence-corrected chi connectivity index (χ4v) is 2.65. The van der Waals surface area contributed by atoms with E-state index in [0.29, 0.717) is 6.54 Å². The van der Waals surface area contributed by atoms with Crippen LogP contribution in [0.1, 0.15) is 11.3 Å². The van der Waals surface area contributed by atoms with E-state index in [2.05, 4.69) is 39.6 Å². The Hall–Kier alpha value is -3.21. The van der Waals surface area contributed by atoms with Crippen molar-refractivity contribution in [3.63, 3.8) is 0 Å². The number of aromatic nitrogens is 5. The summed E-state index contributed by atoms with van der Waals surface area (Å²) in [6.07, 6.45) is 5.85. The molecule has 5 nitrogen and oxygen atoms in total. The van der Waals surface area contributed by atoms with Crippen LogP contribution in [0, 0.1) is 0 Å². The molecule has 118 valence electrons. The number of hydrogen-bond acceptors (Lipinski definition) is 3. The van der Waals surface area contributed by atoms with Gasteiger partial charge in [-0.05, 0) is 5.56 Å². The first kappa shape index (κ1) is 14.4. The van der Waals surface area contributed by atoms with Gasteiger partial charge in [0.1, 0.15) is 5.69 Å². The summed E-state index contributed by atoms with van der Waals surface area (Å²) in [5.74, 6) is 0. The quantitative estimate of drug-likeness (QED) is 0.568. The van der Waals surface area contributed by atoms with Gasteiger partial charge in [0, 0.05) is 11.8 Å². The van der Waals surface area contributed by atoms with Crippen LogP contribution in [0.3, 0.4) is 0 Å². The molecule has 2 aromatic carbocycles. The van der Waals surface area contributed by atoms with Crippen LogP contribution >= 0.6 is 0 Å². The Labute approximate surface area is 140 Å². The van der Waals surface area contributed by atoms with Gasteiger partial charge in [-0.25, -0.2) is 9.67 Å². The van der Waals surface area contributed by atoms with Gasteiger partial charge in [0.05, 0.1) is 31.3 Å². The lowest BCUT2D eigenvalue weighted by Gasteiger charge is -1.99. The van der Waals surface area contributed by atoms with E-state index in [9.17, 15) is 0 Å². The minimum atomic E-state index is 0.661. The third kappa shape index (κ3) is 3.25. The van der Waals surface area contributed by atoms with Gasteiger partial charge >= 0.3 is 0 Å². The van der Waals surface area contributed by atoms with Gasteiger partial charge in [-0.3, -0.25) is 0 Å². The van der Waals surface area contributed by atoms with Crippen LogP contribution in [0.5, 0.6) is 0 Å². The summed E-state index contributed by atoms with van der Waals surface area (Å²) in [6, 6.07) is 20.4. The average Bonchev–Trinajstić information content (AvgIpc) is 3.27. The minimum Gasteiger partial charge on any atom is -0.331 e. The van der Waals surface area contributed by atoms with Gasteiger partial charge in [0.2, 0.25) is 0 Å². The Morgan fingerprint density at radius 3 is 2.33 bits per heavy atom. The van der Waals surface area contributed by atoms with Crippen molar-refractivity contribution in [1.82, 2.24) is 24.5 Å². The molecule has 0 unspecified atom stereocenters. The Morgan fingerprint density at radius 1 is 0.792 bits per heavy atom. The molecule has 0 radical (unpaired) electrons. The summed E-state index contributed by atoms with van der Waals surface area (Å²) < 4.78 is 3.89. The molecule has 2 aromatic heterocycles. The highest BCUT2D eigenvalue weighted by atomic mass is 15.4. The van der Waals surface area contributed by atoms with Crippen molar-refractivity contribution in [2.24, 2.45) is 0 Å². The first-order valence-electron chi connectivity index (χ1n) is 7.87. The highest BCUT2D eigenvalue weighted by Gasteiger charge is 2.05. The first-order valence-corrected chi connectivity index (χ1v) is 7.87. The Kier molecular flexibility index (Phi) is 3.90. The molecule has 0 aliphatic heterocycles. The summed E-state index contributed by atoms with van der Waals surface area (Å²) in [5.41, 5.74) is 4.21. The van der Waals surface area contributed by atoms with Crippen LogP contribution in [-0.4, -0.2) is 24.5 Å². The third-order valence-corrected chi connectivity index (χ3v) is 3.82. The topological polar surface area (TPSA) is 48.5 Å². The molecule has 0 bridgehead atoms. The number of imidazole rings is 1. The lowest BCUT2D eigenvalue weighted by Crippen LogP contribution is -2.00. The summed E-state index contributed by atoms with van der Waals surface area (Å²) in [7, 11) is 0. The van der Waals surface area contributed by atoms with E-state index in [-0.39, 0.29) is 0 Å². The van der Waals surface area contributed by atoms with Crippen LogP contribution < -0.4 is 0 Å². The zero-order valence-electron chi connectivity index (χ0n) is 13.2. The van der Waals surface area contributed by atoms with Crippen LogP contribution in [0.2, 0.25) is 0 Å². The number of benzene rings is 2. The minimum absolute atomic E-state index is 0.661. The van der Waals surface area contributed by atoms with Gasteiger partial charge in [-0.1, -0.05) is 65.9 Å². The zero-order valence-corrected chi connectivity index (χ0v) is 13.2. The summed E-state index contributed by atoms with van der Waals surface area (Å²) in [4.78, 5) is 4.47. The fourth-order valence-electron chi connectivity index (χ4n) is 2.65. The van der Waals surface area contributed by atoms with E-state index in [1.54, 1.807) is 0 Å². The molecule has 4 aromatic rings. The van der Waals surface area contributed by atoms with E-state index in [0.717, 1.165) is 23.5 Å². The molecule has 5 heteroatoms. The molecule has 0 saturated carbocycles. The predicted octanol–water partition coefficient (Wildman–Crippen LogP) is 3.24. The molecule has 24 heavy (non-hydrogen) atoms. The van der Waals surface area contributed by atoms with Gasteiger partial charge in [0.15, 0.2) is 0 Å². The highest BCUT2D eigenvalue weighted by Crippen LogP contribution is 2.16. The maximum absolute atomic E-state index is 4.47. The fraction of sp³-hybridized carbons (Fsp3) is 0.105. The van der Waals surface area contributed by atoms with Crippen LogP contribution in [0.15, 0.2) is 79.4 Å². The second-order valence-corrected chi connectivity index (χ2v) is 5.69. The molecule has 0 N–H and O–H groups in total. The zero-order chi connectivity index (χ0) is 16.2. The van der Waals surface area contributed by atoms with Gasteiger partial charge in [-0.15, -0.1) is 5.10 Å². The van der Waals surface area contributed by atoms with E-state index < -0.39 is 0 Å². The Morgan fingerprint density at radius 2 is 1.54 bits per heavy atom. The van der Waals surface area contributed by atoms with Crippen molar-refractivity contribution in [2.45, 2.75) is 13.1 Å². The smallest absolute Gasteiger partial charge is 0.102 e. The Balaban J connectivity index is 1.46. The molecule has 0 fully saturated rings. The standard InChI is InChI=1S/C19H17N5/c1-3-7-16(8-4-1)11-24-13-18(21-22-24)12-23-14-19(20-15-23)17-9-5-2-6-10-17/h1-10,13-15H,11-12H2. The number of hydrogen-bond donors (Lipinski definition) is 0. The number of nitrogens with zero attached hydrogens (tertiary/aromatic N) is 5. The van der Waals surface area contributed by atoms with Crippen LogP contribution in [0.25, 0.3) is 11.3 Å². The van der Waals surface area contributed by atoms with Crippen LogP contribution in [-0.2, 0) is 13.1 Å². The molecular formula is C19H17N5. The summed E-state index contributed by atoms with van der Waals surface area (Å²) in [6.45, 7) is 1.39. The van der Waals surface area contributed by atoms with Crippen molar-refractivity contribution >= 4 is 0 Å². The molecular weight excluding hydrogens is 298 g/mol. The Bertz CT molecular complexity index is 909. The van der Waals surface area contributed by atoms with Crippen molar-refractivity contribution in [2.75, 3.05) is 0 Å². The first-order chi connectivity index (χ1) is 11.9. The van der Waals surface area contributed by atoms with Crippen molar-refractivity contribution in [1.29, 1.82) is 0 Å². The van der Waals surface area contributed by atoms with Crippen molar-refractivity contribution < 1.29 is 0 Å².